The summed E-state index contributed by atoms with van der Waals surface area (Å²) in [6.07, 6.45) is 0. The molecule has 0 saturated heterocycles. The van der Waals surface area contributed by atoms with Crippen LogP contribution in [0.4, 0.5) is 21.5 Å². The van der Waals surface area contributed by atoms with Crippen LogP contribution in [0.2, 0.25) is 0 Å². The summed E-state index contributed by atoms with van der Waals surface area (Å²) in [4.78, 5) is 10.1. The Morgan fingerprint density at radius 2 is 1.82 bits per heavy atom. The second-order valence-electron chi connectivity index (χ2n) is 4.13. The quantitative estimate of drug-likeness (QED) is 0.390. The Morgan fingerprint density at radius 1 is 1.18 bits per heavy atom. The van der Waals surface area contributed by atoms with Gasteiger partial charge in [0.15, 0.2) is 5.11 Å². The second-order valence-corrected chi connectivity index (χ2v) is 6.31. The van der Waals surface area contributed by atoms with Crippen LogP contribution in [0.15, 0.2) is 45.3 Å². The van der Waals surface area contributed by atoms with Gasteiger partial charge >= 0.3 is 0 Å². The van der Waals surface area contributed by atoms with Crippen molar-refractivity contribution in [1.29, 1.82) is 0 Å². The zero-order chi connectivity index (χ0) is 16.3. The fourth-order valence-corrected chi connectivity index (χ4v) is 3.10. The summed E-state index contributed by atoms with van der Waals surface area (Å²) in [7, 11) is 0. The average Bonchev–Trinajstić information content (AvgIpc) is 2.43. The highest BCUT2D eigenvalue weighted by Crippen LogP contribution is 2.29. The van der Waals surface area contributed by atoms with Crippen LogP contribution in [0.1, 0.15) is 0 Å². The fourth-order valence-electron chi connectivity index (χ4n) is 1.60. The minimum absolute atomic E-state index is 0.0221. The fraction of sp³-hybridized carbons (Fsp3) is 0. The van der Waals surface area contributed by atoms with E-state index >= 15 is 0 Å². The first kappa shape index (κ1) is 16.8. The molecule has 2 N–H and O–H groups in total. The van der Waals surface area contributed by atoms with E-state index in [4.69, 9.17) is 12.2 Å². The molecule has 0 radical (unpaired) electrons. The molecular formula is C13H8Br2FN3O2S. The van der Waals surface area contributed by atoms with Crippen LogP contribution >= 0.6 is 44.1 Å². The molecule has 22 heavy (non-hydrogen) atoms. The molecule has 0 aliphatic carbocycles. The molecule has 0 fully saturated rings. The molecule has 2 aromatic rings. The van der Waals surface area contributed by atoms with Gasteiger partial charge in [0.2, 0.25) is 0 Å². The van der Waals surface area contributed by atoms with Gasteiger partial charge in [0, 0.05) is 26.8 Å². The molecule has 114 valence electrons. The molecular weight excluding hydrogens is 441 g/mol. The van der Waals surface area contributed by atoms with E-state index in [9.17, 15) is 14.5 Å². The molecule has 2 rings (SSSR count). The maximum absolute atomic E-state index is 13.9. The molecule has 0 aliphatic rings. The van der Waals surface area contributed by atoms with Crippen molar-refractivity contribution in [2.75, 3.05) is 10.6 Å². The summed E-state index contributed by atoms with van der Waals surface area (Å²) in [6.45, 7) is 0. The average molecular weight is 449 g/mol. The molecule has 5 nitrogen and oxygen atoms in total. The highest BCUT2D eigenvalue weighted by atomic mass is 79.9. The molecule has 0 unspecified atom stereocenters. The Balaban J connectivity index is 2.09. The van der Waals surface area contributed by atoms with Gasteiger partial charge in [0.1, 0.15) is 5.82 Å². The molecule has 0 spiro atoms. The lowest BCUT2D eigenvalue weighted by atomic mass is 10.3. The van der Waals surface area contributed by atoms with Gasteiger partial charge in [-0.25, -0.2) is 4.39 Å². The predicted molar refractivity (Wildman–Crippen MR) is 94.7 cm³/mol. The maximum Gasteiger partial charge on any atom is 0.269 e. The molecule has 0 heterocycles. The summed E-state index contributed by atoms with van der Waals surface area (Å²) < 4.78 is 15.0. The van der Waals surface area contributed by atoms with Gasteiger partial charge in [-0.3, -0.25) is 10.1 Å². The third kappa shape index (κ3) is 4.21. The van der Waals surface area contributed by atoms with E-state index < -0.39 is 10.7 Å². The van der Waals surface area contributed by atoms with Crippen molar-refractivity contribution in [2.45, 2.75) is 0 Å². The number of rotatable bonds is 3. The van der Waals surface area contributed by atoms with Crippen molar-refractivity contribution in [3.05, 3.63) is 61.3 Å². The first-order valence-corrected chi connectivity index (χ1v) is 7.83. The van der Waals surface area contributed by atoms with Gasteiger partial charge in [0.25, 0.3) is 5.69 Å². The van der Waals surface area contributed by atoms with Gasteiger partial charge in [-0.05, 0) is 52.4 Å². The van der Waals surface area contributed by atoms with E-state index in [1.54, 1.807) is 6.07 Å². The van der Waals surface area contributed by atoms with Crippen LogP contribution in [-0.2, 0) is 0 Å². The maximum atomic E-state index is 13.9. The number of nitrogens with one attached hydrogen (secondary N) is 2. The number of non-ortho nitro benzene ring substituents is 1. The third-order valence-electron chi connectivity index (χ3n) is 2.58. The van der Waals surface area contributed by atoms with Gasteiger partial charge in [-0.2, -0.15) is 0 Å². The predicted octanol–water partition coefficient (Wildman–Crippen LogP) is 5.07. The highest BCUT2D eigenvalue weighted by molar-refractivity contribution is 9.11. The Bertz CT molecular complexity index is 718. The van der Waals surface area contributed by atoms with Gasteiger partial charge < -0.3 is 10.6 Å². The second kappa shape index (κ2) is 7.12. The lowest BCUT2D eigenvalue weighted by Crippen LogP contribution is -2.20. The van der Waals surface area contributed by atoms with E-state index in [-0.39, 0.29) is 16.5 Å². The molecule has 0 aromatic heterocycles. The van der Waals surface area contributed by atoms with E-state index in [1.165, 1.54) is 30.3 Å². The summed E-state index contributed by atoms with van der Waals surface area (Å²) in [5, 5.41) is 16.3. The lowest BCUT2D eigenvalue weighted by molar-refractivity contribution is -0.384. The summed E-state index contributed by atoms with van der Waals surface area (Å²) in [5.74, 6) is -0.478. The Kier molecular flexibility index (Phi) is 5.43. The van der Waals surface area contributed by atoms with Crippen molar-refractivity contribution < 1.29 is 9.31 Å². The number of benzene rings is 2. The highest BCUT2D eigenvalue weighted by Gasteiger charge is 2.11. The van der Waals surface area contributed by atoms with Crippen molar-refractivity contribution in [2.24, 2.45) is 0 Å². The van der Waals surface area contributed by atoms with Gasteiger partial charge in [-0.15, -0.1) is 0 Å². The number of nitro benzene ring substituents is 1. The number of anilines is 2. The van der Waals surface area contributed by atoms with Crippen LogP contribution in [0.25, 0.3) is 0 Å². The van der Waals surface area contributed by atoms with Crippen molar-refractivity contribution in [1.82, 2.24) is 0 Å². The molecule has 0 atom stereocenters. The van der Waals surface area contributed by atoms with Gasteiger partial charge in [-0.1, -0.05) is 15.9 Å². The monoisotopic (exact) mass is 447 g/mol. The summed E-state index contributed by atoms with van der Waals surface area (Å²) in [6, 6.07) is 8.71. The van der Waals surface area contributed by atoms with Crippen molar-refractivity contribution in [3.63, 3.8) is 0 Å². The first-order valence-electron chi connectivity index (χ1n) is 5.84. The summed E-state index contributed by atoms with van der Waals surface area (Å²) in [5.41, 5.74) is 0.727. The topological polar surface area (TPSA) is 67.2 Å². The Morgan fingerprint density at radius 3 is 2.36 bits per heavy atom. The van der Waals surface area contributed by atoms with Crippen LogP contribution < -0.4 is 10.6 Å². The third-order valence-corrected chi connectivity index (χ3v) is 3.87. The minimum Gasteiger partial charge on any atom is -0.332 e. The van der Waals surface area contributed by atoms with E-state index in [1.807, 2.05) is 0 Å². The zero-order valence-corrected chi connectivity index (χ0v) is 14.8. The Labute approximate surface area is 147 Å². The van der Waals surface area contributed by atoms with Crippen LogP contribution in [0, 0.1) is 15.9 Å². The summed E-state index contributed by atoms with van der Waals surface area (Å²) >= 11 is 11.5. The van der Waals surface area contributed by atoms with Gasteiger partial charge in [0.05, 0.1) is 10.6 Å². The van der Waals surface area contributed by atoms with Crippen molar-refractivity contribution in [3.8, 4) is 0 Å². The smallest absolute Gasteiger partial charge is 0.269 e. The molecule has 0 saturated carbocycles. The van der Waals surface area contributed by atoms with Crippen molar-refractivity contribution >= 4 is 66.3 Å². The van der Waals surface area contributed by atoms with E-state index in [2.05, 4.69) is 42.5 Å². The van der Waals surface area contributed by atoms with Crippen LogP contribution in [0.5, 0.6) is 0 Å². The largest absolute Gasteiger partial charge is 0.332 e. The number of thiocarbonyl (C=S) groups is 1. The SMILES string of the molecule is O=[N+]([O-])c1ccc(NC(=S)Nc2c(F)cc(Br)cc2Br)cc1. The number of hydrogen-bond donors (Lipinski definition) is 2. The molecule has 0 aliphatic heterocycles. The van der Waals surface area contributed by atoms with E-state index in [0.29, 0.717) is 14.6 Å². The number of nitro groups is 1. The van der Waals surface area contributed by atoms with Crippen LogP contribution in [0.3, 0.4) is 0 Å². The van der Waals surface area contributed by atoms with Crippen LogP contribution in [-0.4, -0.2) is 10.0 Å². The molecule has 0 amide bonds. The normalized spacial score (nSPS) is 10.1. The number of nitrogens with zero attached hydrogens (tertiary/aromatic N) is 1. The molecule has 2 aromatic carbocycles. The lowest BCUT2D eigenvalue weighted by Gasteiger charge is -2.13. The number of halogens is 3. The van der Waals surface area contributed by atoms with E-state index in [0.717, 1.165) is 0 Å². The first-order chi connectivity index (χ1) is 10.4. The molecule has 9 heteroatoms. The Hall–Kier alpha value is -1.58. The number of hydrogen-bond acceptors (Lipinski definition) is 3. The molecule has 0 bridgehead atoms. The zero-order valence-electron chi connectivity index (χ0n) is 10.8. The minimum atomic E-state index is -0.491. The standard InChI is InChI=1S/C13H8Br2FN3O2S/c14-7-5-10(15)12(11(16)6-7)18-13(22)17-8-1-3-9(4-2-8)19(20)21/h1-6H,(H2,17,18,22).